The maximum Gasteiger partial charge on any atom is 0.208 e. The number of hydrogen-bond donors (Lipinski definition) is 1. The van der Waals surface area contributed by atoms with E-state index >= 15 is 0 Å². The van der Waals surface area contributed by atoms with E-state index in [4.69, 9.17) is 9.84 Å². The van der Waals surface area contributed by atoms with E-state index in [0.29, 0.717) is 6.04 Å². The number of benzene rings is 3. The Kier molecular flexibility index (Phi) is 4.55. The smallest absolute Gasteiger partial charge is 0.208 e. The van der Waals surface area contributed by atoms with Crippen molar-refractivity contribution < 1.29 is 9.64 Å². The van der Waals surface area contributed by atoms with E-state index in [1.807, 2.05) is 0 Å². The molecule has 164 valence electrons. The first-order chi connectivity index (χ1) is 15.5. The third-order valence-electron chi connectivity index (χ3n) is 7.72. The van der Waals surface area contributed by atoms with Crippen molar-refractivity contribution in [2.75, 3.05) is 13.1 Å². The van der Waals surface area contributed by atoms with Crippen LogP contribution in [0, 0.1) is 6.92 Å². The summed E-state index contributed by atoms with van der Waals surface area (Å²) in [6.07, 6.45) is 2.96. The van der Waals surface area contributed by atoms with Crippen molar-refractivity contribution in [3.8, 4) is 5.75 Å². The maximum atomic E-state index is 6.82. The highest BCUT2D eigenvalue weighted by Crippen LogP contribution is 2.49. The van der Waals surface area contributed by atoms with Gasteiger partial charge in [-0.15, -0.1) is 0 Å². The lowest BCUT2D eigenvalue weighted by Gasteiger charge is -2.50. The summed E-state index contributed by atoms with van der Waals surface area (Å²) in [7, 11) is 0. The van der Waals surface area contributed by atoms with Crippen molar-refractivity contribution in [2.24, 2.45) is 5.10 Å². The van der Waals surface area contributed by atoms with Crippen LogP contribution in [0.5, 0.6) is 5.75 Å². The molecule has 0 bridgehead atoms. The average molecular weight is 427 g/mol. The van der Waals surface area contributed by atoms with Gasteiger partial charge in [-0.1, -0.05) is 54.1 Å². The monoisotopic (exact) mass is 426 g/mol. The fourth-order valence-electron chi connectivity index (χ4n) is 5.81. The molecule has 1 atom stereocenters. The van der Waals surface area contributed by atoms with Crippen LogP contribution in [0.3, 0.4) is 0 Å². The number of nitrogens with zero attached hydrogens (tertiary/aromatic N) is 2. The van der Waals surface area contributed by atoms with Crippen LogP contribution in [0.25, 0.3) is 10.8 Å². The zero-order valence-electron chi connectivity index (χ0n) is 19.3. The Balaban J connectivity index is 1.41. The fourth-order valence-corrected chi connectivity index (χ4v) is 5.81. The Morgan fingerprint density at radius 2 is 1.78 bits per heavy atom. The normalized spacial score (nSPS) is 26.8. The van der Waals surface area contributed by atoms with Crippen LogP contribution in [0.2, 0.25) is 0 Å². The third kappa shape index (κ3) is 3.12. The molecule has 0 unspecified atom stereocenters. The SMILES string of the molecule is Cc1ccc2c(c1)[C@@H]1CC(c3ccc4ccccc4c3)=NN1C1(CC[NH+](C(C)C)CC1)O2. The summed E-state index contributed by atoms with van der Waals surface area (Å²) in [5.41, 5.74) is 4.64. The number of piperidine rings is 1. The lowest BCUT2D eigenvalue weighted by Crippen LogP contribution is -3.16. The molecule has 1 spiro atoms. The first-order valence-electron chi connectivity index (χ1n) is 12.0. The molecule has 0 amide bonds. The quantitative estimate of drug-likeness (QED) is 0.655. The Bertz CT molecular complexity index is 1210. The number of likely N-dealkylation sites (tertiary alicyclic amines) is 1. The largest absolute Gasteiger partial charge is 0.466 e. The van der Waals surface area contributed by atoms with E-state index < -0.39 is 0 Å². The van der Waals surface area contributed by atoms with Gasteiger partial charge in [0.2, 0.25) is 5.72 Å². The van der Waals surface area contributed by atoms with Crippen molar-refractivity contribution in [1.82, 2.24) is 5.01 Å². The lowest BCUT2D eigenvalue weighted by molar-refractivity contribution is -0.929. The number of hydrazone groups is 1. The van der Waals surface area contributed by atoms with E-state index in [1.165, 1.54) is 33.2 Å². The molecule has 3 aromatic carbocycles. The number of quaternary nitrogens is 1. The summed E-state index contributed by atoms with van der Waals surface area (Å²) in [5, 5.41) is 10.2. The number of aryl methyl sites for hydroxylation is 1. The minimum Gasteiger partial charge on any atom is -0.466 e. The zero-order chi connectivity index (χ0) is 21.9. The van der Waals surface area contributed by atoms with E-state index in [2.05, 4.69) is 86.4 Å². The standard InChI is InChI=1S/C28H31N3O/c1-19(2)30-14-12-28(13-15-30)31-26(24-16-20(3)8-11-27(24)32-28)18-25(29-31)23-10-9-21-6-4-5-7-22(21)17-23/h4-11,16-17,19,26H,12-15,18H2,1-3H3/p+1/t26-/m0/s1. The molecule has 1 N–H and O–H groups in total. The minimum atomic E-state index is -0.329. The van der Waals surface area contributed by atoms with Gasteiger partial charge in [-0.25, -0.2) is 5.01 Å². The van der Waals surface area contributed by atoms with Gasteiger partial charge in [-0.3, -0.25) is 0 Å². The van der Waals surface area contributed by atoms with E-state index in [0.717, 1.165) is 38.1 Å². The first kappa shape index (κ1) is 19.8. The van der Waals surface area contributed by atoms with Gasteiger partial charge in [0.05, 0.1) is 43.7 Å². The third-order valence-corrected chi connectivity index (χ3v) is 7.72. The van der Waals surface area contributed by atoms with Gasteiger partial charge in [0.15, 0.2) is 0 Å². The summed E-state index contributed by atoms with van der Waals surface area (Å²) in [4.78, 5) is 1.67. The molecule has 1 saturated heterocycles. The Morgan fingerprint density at radius 3 is 2.56 bits per heavy atom. The van der Waals surface area contributed by atoms with Gasteiger partial charge in [-0.2, -0.15) is 5.10 Å². The van der Waals surface area contributed by atoms with Gasteiger partial charge in [0.25, 0.3) is 0 Å². The van der Waals surface area contributed by atoms with Gasteiger partial charge in [0, 0.05) is 12.0 Å². The average Bonchev–Trinajstić information content (AvgIpc) is 3.27. The Morgan fingerprint density at radius 1 is 1.00 bits per heavy atom. The molecule has 0 radical (unpaired) electrons. The van der Waals surface area contributed by atoms with Crippen molar-refractivity contribution in [2.45, 2.75) is 57.8 Å². The van der Waals surface area contributed by atoms with E-state index in [1.54, 1.807) is 4.90 Å². The second-order valence-corrected chi connectivity index (χ2v) is 10.1. The second kappa shape index (κ2) is 7.35. The summed E-state index contributed by atoms with van der Waals surface area (Å²) < 4.78 is 6.82. The molecule has 4 heteroatoms. The van der Waals surface area contributed by atoms with Gasteiger partial charge < -0.3 is 9.64 Å². The van der Waals surface area contributed by atoms with E-state index in [9.17, 15) is 0 Å². The van der Waals surface area contributed by atoms with Crippen LogP contribution in [-0.2, 0) is 0 Å². The summed E-state index contributed by atoms with van der Waals surface area (Å²) in [6, 6.07) is 22.9. The molecule has 0 aromatic heterocycles. The second-order valence-electron chi connectivity index (χ2n) is 10.1. The first-order valence-corrected chi connectivity index (χ1v) is 12.0. The highest BCUT2D eigenvalue weighted by Gasteiger charge is 2.53. The summed E-state index contributed by atoms with van der Waals surface area (Å²) in [5.74, 6) is 1.06. The van der Waals surface area contributed by atoms with Crippen LogP contribution in [0.4, 0.5) is 0 Å². The number of nitrogens with one attached hydrogen (secondary N) is 1. The highest BCUT2D eigenvalue weighted by molar-refractivity contribution is 6.04. The predicted molar refractivity (Wildman–Crippen MR) is 129 cm³/mol. The lowest BCUT2D eigenvalue weighted by atomic mass is 9.89. The molecule has 32 heavy (non-hydrogen) atoms. The predicted octanol–water partition coefficient (Wildman–Crippen LogP) is 4.48. The number of hydrogen-bond acceptors (Lipinski definition) is 3. The topological polar surface area (TPSA) is 29.3 Å². The molecule has 3 aliphatic heterocycles. The summed E-state index contributed by atoms with van der Waals surface area (Å²) in [6.45, 7) is 9.06. The van der Waals surface area contributed by atoms with Crippen LogP contribution in [0.15, 0.2) is 65.8 Å². The molecule has 3 aliphatic rings. The minimum absolute atomic E-state index is 0.251. The number of rotatable bonds is 2. The molecule has 3 heterocycles. The number of ether oxygens (including phenoxy) is 1. The van der Waals surface area contributed by atoms with Crippen LogP contribution in [-0.4, -0.2) is 35.6 Å². The zero-order valence-corrected chi connectivity index (χ0v) is 19.3. The van der Waals surface area contributed by atoms with Crippen LogP contribution < -0.4 is 9.64 Å². The van der Waals surface area contributed by atoms with E-state index in [-0.39, 0.29) is 11.8 Å². The molecule has 3 aromatic rings. The van der Waals surface area contributed by atoms with Crippen molar-refractivity contribution >= 4 is 16.5 Å². The molecule has 0 aliphatic carbocycles. The molecule has 1 fully saturated rings. The van der Waals surface area contributed by atoms with Crippen LogP contribution >= 0.6 is 0 Å². The molecular weight excluding hydrogens is 394 g/mol. The molecular formula is C28H32N3O+. The van der Waals surface area contributed by atoms with Crippen molar-refractivity contribution in [3.63, 3.8) is 0 Å². The highest BCUT2D eigenvalue weighted by atomic mass is 16.5. The fraction of sp³-hybridized carbons (Fsp3) is 0.393. The maximum absolute atomic E-state index is 6.82. The van der Waals surface area contributed by atoms with Gasteiger partial charge in [-0.05, 0) is 49.2 Å². The van der Waals surface area contributed by atoms with Crippen molar-refractivity contribution in [1.29, 1.82) is 0 Å². The molecule has 4 nitrogen and oxygen atoms in total. The van der Waals surface area contributed by atoms with Gasteiger partial charge in [0.1, 0.15) is 5.75 Å². The van der Waals surface area contributed by atoms with Crippen molar-refractivity contribution in [3.05, 3.63) is 77.4 Å². The Hall–Kier alpha value is -2.85. The number of fused-ring (bicyclic) bond motifs is 5. The van der Waals surface area contributed by atoms with Crippen LogP contribution in [0.1, 0.15) is 55.8 Å². The summed E-state index contributed by atoms with van der Waals surface area (Å²) >= 11 is 0. The molecule has 0 saturated carbocycles. The van der Waals surface area contributed by atoms with Gasteiger partial charge >= 0.3 is 0 Å². The Labute approximate surface area is 190 Å². The molecule has 6 rings (SSSR count).